The van der Waals surface area contributed by atoms with Crippen LogP contribution in [-0.2, 0) is 0 Å². The molecule has 0 rings (SSSR count). The second kappa shape index (κ2) is 20.1. The predicted octanol–water partition coefficient (Wildman–Crippen LogP) is 4.15. The van der Waals surface area contributed by atoms with Crippen LogP contribution in [0.15, 0.2) is 38.0 Å². The minimum Gasteiger partial charge on any atom is -0.317 e. The molecule has 0 saturated carbocycles. The Morgan fingerprint density at radius 1 is 0.583 bits per heavy atom. The van der Waals surface area contributed by atoms with Gasteiger partial charge in [-0.3, -0.25) is 4.90 Å². The lowest BCUT2D eigenvalue weighted by Crippen LogP contribution is -2.25. The third-order valence-corrected chi connectivity index (χ3v) is 4.10. The standard InChI is InChI=1S/C21H41N3/c1-4-15-22-16-11-7-8-12-17-23-18-13-9-10-14-21-24(19-5-2)20-6-3/h4-6,22-23H,1-3,7-21H2. The number of rotatable bonds is 20. The number of hydrogen-bond acceptors (Lipinski definition) is 3. The first-order valence-electron chi connectivity index (χ1n) is 9.81. The summed E-state index contributed by atoms with van der Waals surface area (Å²) < 4.78 is 0. The first-order valence-corrected chi connectivity index (χ1v) is 9.81. The lowest BCUT2D eigenvalue weighted by Gasteiger charge is -2.18. The van der Waals surface area contributed by atoms with Gasteiger partial charge in [-0.25, -0.2) is 0 Å². The lowest BCUT2D eigenvalue weighted by atomic mass is 10.1. The largest absolute Gasteiger partial charge is 0.317 e. The minimum atomic E-state index is 0.933. The van der Waals surface area contributed by atoms with Crippen molar-refractivity contribution in [3.05, 3.63) is 38.0 Å². The molecule has 0 bridgehead atoms. The molecule has 0 aliphatic rings. The highest BCUT2D eigenvalue weighted by molar-refractivity contribution is 4.79. The van der Waals surface area contributed by atoms with Crippen LogP contribution in [0.25, 0.3) is 0 Å². The third kappa shape index (κ3) is 17.5. The van der Waals surface area contributed by atoms with Gasteiger partial charge in [-0.2, -0.15) is 0 Å². The van der Waals surface area contributed by atoms with Crippen LogP contribution in [0.2, 0.25) is 0 Å². The second-order valence-electron chi connectivity index (χ2n) is 6.41. The fraction of sp³-hybridized carbons (Fsp3) is 0.714. The van der Waals surface area contributed by atoms with Crippen LogP contribution in [0.4, 0.5) is 0 Å². The Morgan fingerprint density at radius 3 is 1.58 bits per heavy atom. The number of unbranched alkanes of at least 4 members (excludes halogenated alkanes) is 6. The minimum absolute atomic E-state index is 0.933. The van der Waals surface area contributed by atoms with Crippen molar-refractivity contribution in [3.63, 3.8) is 0 Å². The molecule has 3 nitrogen and oxygen atoms in total. The molecule has 0 radical (unpaired) electrons. The molecule has 0 aromatic carbocycles. The monoisotopic (exact) mass is 335 g/mol. The SMILES string of the molecule is C=CCNCCCCCCNCCCCCCN(CC=C)CC=C. The molecule has 0 aliphatic heterocycles. The zero-order valence-electron chi connectivity index (χ0n) is 15.9. The van der Waals surface area contributed by atoms with Crippen LogP contribution in [0, 0.1) is 0 Å². The molecule has 0 saturated heterocycles. The Morgan fingerprint density at radius 2 is 1.08 bits per heavy atom. The number of nitrogens with one attached hydrogen (secondary N) is 2. The maximum absolute atomic E-state index is 3.81. The van der Waals surface area contributed by atoms with Gasteiger partial charge in [0, 0.05) is 19.6 Å². The van der Waals surface area contributed by atoms with E-state index in [-0.39, 0.29) is 0 Å². The molecular formula is C21H41N3. The van der Waals surface area contributed by atoms with E-state index in [4.69, 9.17) is 0 Å². The van der Waals surface area contributed by atoms with E-state index in [9.17, 15) is 0 Å². The van der Waals surface area contributed by atoms with Gasteiger partial charge in [0.2, 0.25) is 0 Å². The molecule has 2 N–H and O–H groups in total. The molecule has 0 unspecified atom stereocenters. The first-order chi connectivity index (χ1) is 11.8. The molecule has 0 atom stereocenters. The average Bonchev–Trinajstić information content (AvgIpc) is 2.58. The maximum atomic E-state index is 3.81. The Balaban J connectivity index is 3.18. The molecule has 0 aliphatic carbocycles. The van der Waals surface area contributed by atoms with Crippen LogP contribution >= 0.6 is 0 Å². The highest BCUT2D eigenvalue weighted by Crippen LogP contribution is 2.02. The maximum Gasteiger partial charge on any atom is 0.0163 e. The fourth-order valence-electron chi connectivity index (χ4n) is 2.74. The topological polar surface area (TPSA) is 27.3 Å². The summed E-state index contributed by atoms with van der Waals surface area (Å²) in [4.78, 5) is 2.39. The van der Waals surface area contributed by atoms with Crippen molar-refractivity contribution >= 4 is 0 Å². The number of hydrogen-bond donors (Lipinski definition) is 2. The summed E-state index contributed by atoms with van der Waals surface area (Å²) in [5.41, 5.74) is 0. The molecular weight excluding hydrogens is 294 g/mol. The molecule has 24 heavy (non-hydrogen) atoms. The molecule has 0 amide bonds. The Bertz CT molecular complexity index is 279. The van der Waals surface area contributed by atoms with Gasteiger partial charge in [-0.15, -0.1) is 19.7 Å². The molecule has 0 heterocycles. The predicted molar refractivity (Wildman–Crippen MR) is 110 cm³/mol. The van der Waals surface area contributed by atoms with Gasteiger partial charge in [0.25, 0.3) is 0 Å². The van der Waals surface area contributed by atoms with Gasteiger partial charge in [-0.1, -0.05) is 43.9 Å². The van der Waals surface area contributed by atoms with Crippen molar-refractivity contribution in [1.29, 1.82) is 0 Å². The second-order valence-corrected chi connectivity index (χ2v) is 6.41. The molecule has 0 aromatic rings. The molecule has 0 spiro atoms. The van der Waals surface area contributed by atoms with Gasteiger partial charge in [0.15, 0.2) is 0 Å². The number of nitrogens with zero attached hydrogens (tertiary/aromatic N) is 1. The summed E-state index contributed by atoms with van der Waals surface area (Å²) >= 11 is 0. The van der Waals surface area contributed by atoms with E-state index in [2.05, 4.69) is 35.3 Å². The van der Waals surface area contributed by atoms with Crippen LogP contribution < -0.4 is 10.6 Å². The summed E-state index contributed by atoms with van der Waals surface area (Å²) in [6.45, 7) is 18.8. The van der Waals surface area contributed by atoms with Crippen molar-refractivity contribution < 1.29 is 0 Å². The smallest absolute Gasteiger partial charge is 0.0163 e. The van der Waals surface area contributed by atoms with E-state index in [0.29, 0.717) is 0 Å². The van der Waals surface area contributed by atoms with Crippen molar-refractivity contribution in [1.82, 2.24) is 15.5 Å². The van der Waals surface area contributed by atoms with E-state index < -0.39 is 0 Å². The summed E-state index contributed by atoms with van der Waals surface area (Å²) in [6.07, 6.45) is 16.4. The van der Waals surface area contributed by atoms with Crippen LogP contribution in [-0.4, -0.2) is 50.7 Å². The van der Waals surface area contributed by atoms with Gasteiger partial charge in [0.1, 0.15) is 0 Å². The normalized spacial score (nSPS) is 10.9. The Labute approximate surface area is 151 Å². The Kier molecular flexibility index (Phi) is 19.4. The highest BCUT2D eigenvalue weighted by Gasteiger charge is 1.99. The van der Waals surface area contributed by atoms with Gasteiger partial charge < -0.3 is 10.6 Å². The van der Waals surface area contributed by atoms with E-state index in [1.807, 2.05) is 18.2 Å². The van der Waals surface area contributed by atoms with Gasteiger partial charge in [-0.05, 0) is 51.9 Å². The summed E-state index contributed by atoms with van der Waals surface area (Å²) in [7, 11) is 0. The van der Waals surface area contributed by atoms with Crippen molar-refractivity contribution in [2.75, 3.05) is 45.8 Å². The van der Waals surface area contributed by atoms with Crippen molar-refractivity contribution in [2.45, 2.75) is 51.4 Å². The van der Waals surface area contributed by atoms with Crippen LogP contribution in [0.5, 0.6) is 0 Å². The van der Waals surface area contributed by atoms with Crippen LogP contribution in [0.3, 0.4) is 0 Å². The molecule has 3 heteroatoms. The van der Waals surface area contributed by atoms with Gasteiger partial charge >= 0.3 is 0 Å². The van der Waals surface area contributed by atoms with Crippen molar-refractivity contribution in [3.8, 4) is 0 Å². The Hall–Kier alpha value is -0.900. The van der Waals surface area contributed by atoms with E-state index >= 15 is 0 Å². The lowest BCUT2D eigenvalue weighted by molar-refractivity contribution is 0.324. The van der Waals surface area contributed by atoms with Crippen molar-refractivity contribution in [2.24, 2.45) is 0 Å². The average molecular weight is 336 g/mol. The molecule has 0 fully saturated rings. The zero-order chi connectivity index (χ0) is 17.7. The third-order valence-electron chi connectivity index (χ3n) is 4.10. The molecule has 140 valence electrons. The van der Waals surface area contributed by atoms with Crippen LogP contribution in [0.1, 0.15) is 51.4 Å². The summed E-state index contributed by atoms with van der Waals surface area (Å²) in [5, 5.41) is 6.92. The van der Waals surface area contributed by atoms with E-state index in [0.717, 1.165) is 32.7 Å². The fourth-order valence-corrected chi connectivity index (χ4v) is 2.74. The highest BCUT2D eigenvalue weighted by atomic mass is 15.1. The first kappa shape index (κ1) is 23.1. The summed E-state index contributed by atoms with van der Waals surface area (Å²) in [6, 6.07) is 0. The quantitative estimate of drug-likeness (QED) is 0.258. The molecule has 0 aromatic heterocycles. The van der Waals surface area contributed by atoms with E-state index in [1.165, 1.54) is 64.5 Å². The zero-order valence-corrected chi connectivity index (χ0v) is 15.9. The summed E-state index contributed by atoms with van der Waals surface area (Å²) in [5.74, 6) is 0. The van der Waals surface area contributed by atoms with Gasteiger partial charge in [0.05, 0.1) is 0 Å². The van der Waals surface area contributed by atoms with E-state index in [1.54, 1.807) is 0 Å².